The number of β-amino-alcohol motifs (C(OH)–C–C–N with tert-alkyl or cyclic N) is 1. The van der Waals surface area contributed by atoms with E-state index in [2.05, 4.69) is 6.92 Å². The molecule has 1 N–H and O–H groups in total. The van der Waals surface area contributed by atoms with E-state index in [0.717, 1.165) is 24.9 Å². The number of carbonyl (C=O) groups is 1. The van der Waals surface area contributed by atoms with Crippen LogP contribution in [0.2, 0.25) is 0 Å². The summed E-state index contributed by atoms with van der Waals surface area (Å²) in [4.78, 5) is 13.7. The molecule has 3 nitrogen and oxygen atoms in total. The fraction of sp³-hybridized carbons (Fsp3) is 0.533. The lowest BCUT2D eigenvalue weighted by Gasteiger charge is -2.24. The van der Waals surface area contributed by atoms with Crippen LogP contribution >= 0.6 is 0 Å². The smallest absolute Gasteiger partial charge is 0.222 e. The molecule has 0 saturated carbocycles. The predicted octanol–water partition coefficient (Wildman–Crippen LogP) is 2.37. The van der Waals surface area contributed by atoms with Crippen molar-refractivity contribution in [1.29, 1.82) is 0 Å². The summed E-state index contributed by atoms with van der Waals surface area (Å²) in [6, 6.07) is 9.54. The molecular weight excluding hydrogens is 226 g/mol. The first kappa shape index (κ1) is 13.1. The minimum atomic E-state index is -0.580. The molecule has 1 fully saturated rings. The Bertz CT molecular complexity index is 391. The highest BCUT2D eigenvalue weighted by atomic mass is 16.3. The van der Waals surface area contributed by atoms with Gasteiger partial charge in [0.2, 0.25) is 5.91 Å². The van der Waals surface area contributed by atoms with Gasteiger partial charge in [-0.15, -0.1) is 0 Å². The first-order chi connectivity index (χ1) is 8.66. The van der Waals surface area contributed by atoms with Crippen molar-refractivity contribution in [1.82, 2.24) is 4.90 Å². The molecule has 0 aromatic heterocycles. The molecule has 0 radical (unpaired) electrons. The highest BCUT2D eigenvalue weighted by Gasteiger charge is 2.22. The molecule has 2 atom stereocenters. The van der Waals surface area contributed by atoms with Crippen LogP contribution in [0.15, 0.2) is 30.3 Å². The lowest BCUT2D eigenvalue weighted by molar-refractivity contribution is -0.132. The Morgan fingerprint density at radius 2 is 2.06 bits per heavy atom. The number of aliphatic hydroxyl groups is 1. The van der Waals surface area contributed by atoms with Gasteiger partial charge in [0.05, 0.1) is 12.6 Å². The van der Waals surface area contributed by atoms with Crippen molar-refractivity contribution in [2.75, 3.05) is 13.1 Å². The fourth-order valence-corrected chi connectivity index (χ4v) is 2.36. The Morgan fingerprint density at radius 1 is 1.33 bits per heavy atom. The fourth-order valence-electron chi connectivity index (χ4n) is 2.36. The Hall–Kier alpha value is -1.35. The molecule has 2 rings (SSSR count). The van der Waals surface area contributed by atoms with Crippen LogP contribution in [0, 0.1) is 5.92 Å². The summed E-state index contributed by atoms with van der Waals surface area (Å²) in [7, 11) is 0. The summed E-state index contributed by atoms with van der Waals surface area (Å²) >= 11 is 0. The molecule has 3 heteroatoms. The molecule has 18 heavy (non-hydrogen) atoms. The van der Waals surface area contributed by atoms with Crippen LogP contribution in [0.3, 0.4) is 0 Å². The zero-order valence-electron chi connectivity index (χ0n) is 10.9. The number of rotatable bonds is 3. The molecule has 1 aliphatic heterocycles. The van der Waals surface area contributed by atoms with E-state index in [1.54, 1.807) is 4.90 Å². The lowest BCUT2D eigenvalue weighted by Crippen LogP contribution is -2.34. The van der Waals surface area contributed by atoms with E-state index in [9.17, 15) is 9.90 Å². The molecule has 2 unspecified atom stereocenters. The van der Waals surface area contributed by atoms with Gasteiger partial charge in [0, 0.05) is 13.0 Å². The molecule has 0 spiro atoms. The second-order valence-electron chi connectivity index (χ2n) is 5.20. The van der Waals surface area contributed by atoms with Crippen molar-refractivity contribution in [3.05, 3.63) is 35.9 Å². The number of likely N-dealkylation sites (tertiary alicyclic amines) is 1. The molecule has 1 heterocycles. The minimum absolute atomic E-state index is 0.175. The topological polar surface area (TPSA) is 40.5 Å². The lowest BCUT2D eigenvalue weighted by atomic mass is 10.0. The van der Waals surface area contributed by atoms with Gasteiger partial charge < -0.3 is 10.0 Å². The van der Waals surface area contributed by atoms with Gasteiger partial charge in [-0.2, -0.15) is 0 Å². The van der Waals surface area contributed by atoms with Gasteiger partial charge in [-0.05, 0) is 24.3 Å². The summed E-state index contributed by atoms with van der Waals surface area (Å²) < 4.78 is 0. The molecular formula is C15H21NO2. The van der Waals surface area contributed by atoms with E-state index in [0.29, 0.717) is 18.9 Å². The van der Waals surface area contributed by atoms with E-state index >= 15 is 0 Å². The SMILES string of the molecule is CC1CCC(=O)N(CC(O)c2ccccc2)CC1. The average molecular weight is 247 g/mol. The molecule has 98 valence electrons. The number of nitrogens with zero attached hydrogens (tertiary/aromatic N) is 1. The maximum atomic E-state index is 11.9. The van der Waals surface area contributed by atoms with Gasteiger partial charge in [0.1, 0.15) is 0 Å². The predicted molar refractivity (Wildman–Crippen MR) is 71.0 cm³/mol. The van der Waals surface area contributed by atoms with Crippen LogP contribution in [0.4, 0.5) is 0 Å². The number of amides is 1. The van der Waals surface area contributed by atoms with Crippen LogP contribution in [-0.2, 0) is 4.79 Å². The molecule has 0 aliphatic carbocycles. The number of aliphatic hydroxyl groups excluding tert-OH is 1. The maximum absolute atomic E-state index is 11.9. The van der Waals surface area contributed by atoms with Crippen LogP contribution in [0.5, 0.6) is 0 Å². The van der Waals surface area contributed by atoms with Crippen LogP contribution in [-0.4, -0.2) is 29.0 Å². The van der Waals surface area contributed by atoms with Crippen LogP contribution in [0.25, 0.3) is 0 Å². The van der Waals surface area contributed by atoms with Crippen molar-refractivity contribution in [2.45, 2.75) is 32.3 Å². The number of benzene rings is 1. The van der Waals surface area contributed by atoms with Crippen molar-refractivity contribution in [3.8, 4) is 0 Å². The monoisotopic (exact) mass is 247 g/mol. The zero-order chi connectivity index (χ0) is 13.0. The molecule has 1 amide bonds. The highest BCUT2D eigenvalue weighted by molar-refractivity contribution is 5.76. The highest BCUT2D eigenvalue weighted by Crippen LogP contribution is 2.20. The largest absolute Gasteiger partial charge is 0.387 e. The Balaban J connectivity index is 1.98. The number of hydrogen-bond donors (Lipinski definition) is 1. The van der Waals surface area contributed by atoms with Gasteiger partial charge in [0.15, 0.2) is 0 Å². The van der Waals surface area contributed by atoms with Gasteiger partial charge in [-0.1, -0.05) is 37.3 Å². The Labute approximate surface area is 108 Å². The summed E-state index contributed by atoms with van der Waals surface area (Å²) in [6.07, 6.45) is 2.04. The normalized spacial score (nSPS) is 22.7. The van der Waals surface area contributed by atoms with Crippen molar-refractivity contribution >= 4 is 5.91 Å². The summed E-state index contributed by atoms with van der Waals surface area (Å²) in [6.45, 7) is 3.36. The zero-order valence-corrected chi connectivity index (χ0v) is 10.9. The first-order valence-electron chi connectivity index (χ1n) is 6.67. The quantitative estimate of drug-likeness (QED) is 0.890. The summed E-state index contributed by atoms with van der Waals surface area (Å²) in [5.74, 6) is 0.780. The second-order valence-corrected chi connectivity index (χ2v) is 5.20. The third kappa shape index (κ3) is 3.33. The Morgan fingerprint density at radius 3 is 2.78 bits per heavy atom. The average Bonchev–Trinajstić information content (AvgIpc) is 2.55. The van der Waals surface area contributed by atoms with E-state index < -0.39 is 6.10 Å². The van der Waals surface area contributed by atoms with Crippen molar-refractivity contribution < 1.29 is 9.90 Å². The van der Waals surface area contributed by atoms with Crippen LogP contribution < -0.4 is 0 Å². The number of carbonyl (C=O) groups excluding carboxylic acids is 1. The third-order valence-corrected chi connectivity index (χ3v) is 3.67. The van der Waals surface area contributed by atoms with Crippen molar-refractivity contribution in [2.24, 2.45) is 5.92 Å². The van der Waals surface area contributed by atoms with Gasteiger partial charge in [-0.3, -0.25) is 4.79 Å². The molecule has 1 saturated heterocycles. The molecule has 1 aromatic carbocycles. The van der Waals surface area contributed by atoms with Crippen LogP contribution in [0.1, 0.15) is 37.9 Å². The molecule has 1 aliphatic rings. The second kappa shape index (κ2) is 6.01. The van der Waals surface area contributed by atoms with Crippen molar-refractivity contribution in [3.63, 3.8) is 0 Å². The van der Waals surface area contributed by atoms with Gasteiger partial charge in [-0.25, -0.2) is 0 Å². The molecule has 1 aromatic rings. The van der Waals surface area contributed by atoms with Gasteiger partial charge >= 0.3 is 0 Å². The Kier molecular flexibility index (Phi) is 4.37. The van der Waals surface area contributed by atoms with E-state index in [1.807, 2.05) is 30.3 Å². The maximum Gasteiger partial charge on any atom is 0.222 e. The van der Waals surface area contributed by atoms with Gasteiger partial charge in [0.25, 0.3) is 0 Å². The van der Waals surface area contributed by atoms with E-state index in [4.69, 9.17) is 0 Å². The number of hydrogen-bond acceptors (Lipinski definition) is 2. The molecule has 0 bridgehead atoms. The summed E-state index contributed by atoms with van der Waals surface area (Å²) in [5.41, 5.74) is 0.877. The standard InChI is InChI=1S/C15H21NO2/c1-12-7-8-15(18)16(10-9-12)11-14(17)13-5-3-2-4-6-13/h2-6,12,14,17H,7-11H2,1H3. The van der Waals surface area contributed by atoms with E-state index in [-0.39, 0.29) is 5.91 Å². The first-order valence-corrected chi connectivity index (χ1v) is 6.67. The third-order valence-electron chi connectivity index (χ3n) is 3.67. The summed E-state index contributed by atoms with van der Waals surface area (Å²) in [5, 5.41) is 10.2. The van der Waals surface area contributed by atoms with E-state index in [1.165, 1.54) is 0 Å². The minimum Gasteiger partial charge on any atom is -0.387 e.